The number of anilines is 2. The molecule has 0 aliphatic rings. The molecule has 0 unspecified atom stereocenters. The number of halogens is 1. The number of rotatable bonds is 8. The molecule has 10 heteroatoms. The van der Waals surface area contributed by atoms with Crippen molar-refractivity contribution in [1.82, 2.24) is 14.5 Å². The van der Waals surface area contributed by atoms with Crippen molar-refractivity contribution in [2.24, 2.45) is 4.99 Å². The van der Waals surface area contributed by atoms with Gasteiger partial charge >= 0.3 is 0 Å². The summed E-state index contributed by atoms with van der Waals surface area (Å²) in [5.74, 6) is -0.306. The zero-order valence-electron chi connectivity index (χ0n) is 18.7. The van der Waals surface area contributed by atoms with Crippen LogP contribution in [0.3, 0.4) is 0 Å². The van der Waals surface area contributed by atoms with Crippen LogP contribution in [0, 0.1) is 19.7 Å². The highest BCUT2D eigenvalue weighted by Crippen LogP contribution is 2.21. The number of hydrogen-bond acceptors (Lipinski definition) is 7. The standard InChI is InChI=1S/C23H25FN6O3/c1-13-12-28-21(27-8-7-15-5-6-19(33-4)17(24)9-15)23(32)30(13)22-18(25)10-16(14(2)29-22)11-20(31)26-3/h5-6,9-10,12H,3,7-8,11,25H2,1-2,4H3,(H,27,28). The number of nitrogens with two attached hydrogens (primary N) is 1. The van der Waals surface area contributed by atoms with Crippen molar-refractivity contribution in [2.75, 3.05) is 24.7 Å². The maximum absolute atomic E-state index is 13.9. The zero-order valence-corrected chi connectivity index (χ0v) is 18.7. The number of ether oxygens (including phenoxy) is 1. The van der Waals surface area contributed by atoms with Gasteiger partial charge < -0.3 is 15.8 Å². The molecule has 0 aliphatic carbocycles. The van der Waals surface area contributed by atoms with Crippen LogP contribution in [0.2, 0.25) is 0 Å². The number of aryl methyl sites for hydroxylation is 2. The van der Waals surface area contributed by atoms with Gasteiger partial charge in [0.2, 0.25) is 5.91 Å². The van der Waals surface area contributed by atoms with Crippen molar-refractivity contribution in [3.63, 3.8) is 0 Å². The summed E-state index contributed by atoms with van der Waals surface area (Å²) in [5.41, 5.74) is 8.43. The molecular weight excluding hydrogens is 427 g/mol. The molecule has 0 saturated heterocycles. The fraction of sp³-hybridized carbons (Fsp3) is 0.261. The van der Waals surface area contributed by atoms with Crippen LogP contribution in [0.5, 0.6) is 5.75 Å². The van der Waals surface area contributed by atoms with Crippen molar-refractivity contribution in [2.45, 2.75) is 26.7 Å². The smallest absolute Gasteiger partial charge is 0.299 e. The molecule has 1 amide bonds. The zero-order chi connectivity index (χ0) is 24.1. The van der Waals surface area contributed by atoms with Crippen LogP contribution < -0.4 is 21.3 Å². The Morgan fingerprint density at radius 3 is 2.76 bits per heavy atom. The molecule has 33 heavy (non-hydrogen) atoms. The average Bonchev–Trinajstić information content (AvgIpc) is 2.78. The van der Waals surface area contributed by atoms with Crippen molar-refractivity contribution in [3.05, 3.63) is 69.1 Å². The molecule has 1 aromatic carbocycles. The Balaban J connectivity index is 1.85. The summed E-state index contributed by atoms with van der Waals surface area (Å²) in [5, 5.41) is 3.00. The molecule has 0 aliphatic heterocycles. The first-order valence-corrected chi connectivity index (χ1v) is 10.2. The number of methoxy groups -OCH3 is 1. The lowest BCUT2D eigenvalue weighted by atomic mass is 10.1. The molecule has 0 radical (unpaired) electrons. The third-order valence-electron chi connectivity index (χ3n) is 5.12. The fourth-order valence-electron chi connectivity index (χ4n) is 3.34. The molecule has 3 aromatic rings. The molecule has 3 rings (SSSR count). The van der Waals surface area contributed by atoms with Crippen molar-refractivity contribution >= 4 is 24.1 Å². The Bertz CT molecular complexity index is 1270. The van der Waals surface area contributed by atoms with Gasteiger partial charge in [-0.3, -0.25) is 14.2 Å². The number of carbonyl (C=O) groups is 1. The summed E-state index contributed by atoms with van der Waals surface area (Å²) >= 11 is 0. The van der Waals surface area contributed by atoms with Crippen LogP contribution in [-0.2, 0) is 17.6 Å². The van der Waals surface area contributed by atoms with Gasteiger partial charge in [0.05, 0.1) is 19.2 Å². The molecular formula is C23H25FN6O3. The maximum atomic E-state index is 13.9. The van der Waals surface area contributed by atoms with Crippen LogP contribution in [0.4, 0.5) is 15.9 Å². The molecule has 0 fully saturated rings. The van der Waals surface area contributed by atoms with Gasteiger partial charge in [0.15, 0.2) is 23.2 Å². The lowest BCUT2D eigenvalue weighted by molar-refractivity contribution is -0.117. The Kier molecular flexibility index (Phi) is 7.17. The van der Waals surface area contributed by atoms with Crippen LogP contribution in [0.1, 0.15) is 22.5 Å². The largest absolute Gasteiger partial charge is 0.494 e. The normalized spacial score (nSPS) is 10.7. The topological polar surface area (TPSA) is 124 Å². The van der Waals surface area contributed by atoms with Crippen LogP contribution in [0.25, 0.3) is 5.82 Å². The first kappa shape index (κ1) is 23.6. The molecule has 0 atom stereocenters. The van der Waals surface area contributed by atoms with E-state index in [1.165, 1.54) is 23.9 Å². The van der Waals surface area contributed by atoms with Crippen molar-refractivity contribution in [3.8, 4) is 11.6 Å². The van der Waals surface area contributed by atoms with E-state index >= 15 is 0 Å². The molecule has 0 bridgehead atoms. The van der Waals surface area contributed by atoms with Gasteiger partial charge in [0, 0.05) is 24.1 Å². The van der Waals surface area contributed by atoms with Gasteiger partial charge in [0.25, 0.3) is 5.56 Å². The van der Waals surface area contributed by atoms with Crippen LogP contribution in [-0.4, -0.2) is 40.8 Å². The van der Waals surface area contributed by atoms with Gasteiger partial charge in [-0.1, -0.05) is 6.07 Å². The van der Waals surface area contributed by atoms with Gasteiger partial charge in [-0.15, -0.1) is 0 Å². The van der Waals surface area contributed by atoms with E-state index in [1.807, 2.05) is 0 Å². The highest BCUT2D eigenvalue weighted by Gasteiger charge is 2.16. The summed E-state index contributed by atoms with van der Waals surface area (Å²) in [6.07, 6.45) is 2.03. The van der Waals surface area contributed by atoms with E-state index in [-0.39, 0.29) is 29.5 Å². The third kappa shape index (κ3) is 5.22. The number of carbonyl (C=O) groups excluding carboxylic acids is 1. The monoisotopic (exact) mass is 452 g/mol. The number of aliphatic imine (C=N–C) groups is 1. The highest BCUT2D eigenvalue weighted by atomic mass is 19.1. The first-order valence-electron chi connectivity index (χ1n) is 10.2. The number of amides is 1. The third-order valence-corrected chi connectivity index (χ3v) is 5.12. The second-order valence-electron chi connectivity index (χ2n) is 7.41. The highest BCUT2D eigenvalue weighted by molar-refractivity contribution is 5.83. The van der Waals surface area contributed by atoms with E-state index in [9.17, 15) is 14.0 Å². The number of aromatic nitrogens is 3. The Hall–Kier alpha value is -4.08. The number of nitrogens with one attached hydrogen (secondary N) is 1. The van der Waals surface area contributed by atoms with E-state index in [4.69, 9.17) is 10.5 Å². The number of nitrogens with zero attached hydrogens (tertiary/aromatic N) is 4. The Morgan fingerprint density at radius 1 is 1.33 bits per heavy atom. The minimum atomic E-state index is -0.447. The molecule has 9 nitrogen and oxygen atoms in total. The fourth-order valence-corrected chi connectivity index (χ4v) is 3.34. The number of benzene rings is 1. The number of pyridine rings is 1. The molecule has 3 N–H and O–H groups in total. The van der Waals surface area contributed by atoms with Gasteiger partial charge in [0.1, 0.15) is 0 Å². The second-order valence-corrected chi connectivity index (χ2v) is 7.41. The lowest BCUT2D eigenvalue weighted by Crippen LogP contribution is -2.27. The van der Waals surface area contributed by atoms with Crippen LogP contribution >= 0.6 is 0 Å². The Morgan fingerprint density at radius 2 is 2.09 bits per heavy atom. The summed E-state index contributed by atoms with van der Waals surface area (Å²) in [6, 6.07) is 6.31. The molecule has 2 heterocycles. The van der Waals surface area contributed by atoms with E-state index < -0.39 is 17.3 Å². The number of nitrogen functional groups attached to an aromatic ring is 1. The molecule has 172 valence electrons. The molecule has 0 spiro atoms. The quantitative estimate of drug-likeness (QED) is 0.503. The van der Waals surface area contributed by atoms with Gasteiger partial charge in [-0.05, 0) is 56.3 Å². The van der Waals surface area contributed by atoms with E-state index in [0.717, 1.165) is 5.56 Å². The predicted molar refractivity (Wildman–Crippen MR) is 125 cm³/mol. The van der Waals surface area contributed by atoms with Gasteiger partial charge in [-0.2, -0.15) is 0 Å². The first-order chi connectivity index (χ1) is 15.7. The van der Waals surface area contributed by atoms with Crippen LogP contribution in [0.15, 0.2) is 40.2 Å². The molecule has 2 aromatic heterocycles. The van der Waals surface area contributed by atoms with Crippen molar-refractivity contribution < 1.29 is 13.9 Å². The Labute approximate surface area is 190 Å². The summed E-state index contributed by atoms with van der Waals surface area (Å²) in [7, 11) is 1.41. The van der Waals surface area contributed by atoms with Crippen molar-refractivity contribution in [1.29, 1.82) is 0 Å². The van der Waals surface area contributed by atoms with E-state index in [0.29, 0.717) is 29.9 Å². The summed E-state index contributed by atoms with van der Waals surface area (Å²) < 4.78 is 20.2. The SMILES string of the molecule is C=NC(=O)Cc1cc(N)c(-n2c(C)cnc(NCCc3ccc(OC)c(F)c3)c2=O)nc1C. The van der Waals surface area contributed by atoms with Gasteiger partial charge in [-0.25, -0.2) is 19.4 Å². The average molecular weight is 452 g/mol. The predicted octanol–water partition coefficient (Wildman–Crippen LogP) is 2.40. The minimum absolute atomic E-state index is 0.0236. The summed E-state index contributed by atoms with van der Waals surface area (Å²) in [6.45, 7) is 7.03. The lowest BCUT2D eigenvalue weighted by Gasteiger charge is -2.15. The maximum Gasteiger partial charge on any atom is 0.299 e. The summed E-state index contributed by atoms with van der Waals surface area (Å²) in [4.78, 5) is 36.8. The minimum Gasteiger partial charge on any atom is -0.494 e. The number of hydrogen-bond donors (Lipinski definition) is 2. The second kappa shape index (κ2) is 10.0. The van der Waals surface area contributed by atoms with E-state index in [1.54, 1.807) is 32.0 Å². The molecule has 0 saturated carbocycles. The van der Waals surface area contributed by atoms with E-state index in [2.05, 4.69) is 27.0 Å².